The van der Waals surface area contributed by atoms with Crippen LogP contribution in [0.2, 0.25) is 0 Å². The molecule has 19 heavy (non-hydrogen) atoms. The summed E-state index contributed by atoms with van der Waals surface area (Å²) in [6.07, 6.45) is 18.9. The van der Waals surface area contributed by atoms with E-state index in [1.165, 1.54) is 83.5 Å². The molecule has 0 spiro atoms. The topological polar surface area (TPSA) is 12.0 Å². The highest BCUT2D eigenvalue weighted by Gasteiger charge is 2.21. The van der Waals surface area contributed by atoms with Crippen LogP contribution in [0.3, 0.4) is 0 Å². The standard InChI is InChI=1S/C18H37N/c1-3-5-6-7-8-9-10-11-15-18(19-4-2)16-17-13-12-14-17/h17-19H,3-16H2,1-2H3. The van der Waals surface area contributed by atoms with Gasteiger partial charge in [-0.05, 0) is 25.3 Å². The van der Waals surface area contributed by atoms with Gasteiger partial charge in [-0.2, -0.15) is 0 Å². The summed E-state index contributed by atoms with van der Waals surface area (Å²) in [6, 6.07) is 0.815. The molecule has 0 aliphatic heterocycles. The van der Waals surface area contributed by atoms with E-state index in [4.69, 9.17) is 0 Å². The summed E-state index contributed by atoms with van der Waals surface area (Å²) in [5, 5.41) is 3.70. The van der Waals surface area contributed by atoms with Crippen LogP contribution in [0.15, 0.2) is 0 Å². The fourth-order valence-electron chi connectivity index (χ4n) is 3.25. The van der Waals surface area contributed by atoms with Gasteiger partial charge in [0.25, 0.3) is 0 Å². The quantitative estimate of drug-likeness (QED) is 0.423. The van der Waals surface area contributed by atoms with E-state index < -0.39 is 0 Å². The summed E-state index contributed by atoms with van der Waals surface area (Å²) in [5.74, 6) is 1.05. The molecular weight excluding hydrogens is 230 g/mol. The number of hydrogen-bond acceptors (Lipinski definition) is 1. The average Bonchev–Trinajstić information content (AvgIpc) is 2.36. The van der Waals surface area contributed by atoms with E-state index in [1.54, 1.807) is 0 Å². The Morgan fingerprint density at radius 1 is 0.895 bits per heavy atom. The molecule has 0 amide bonds. The molecule has 0 heterocycles. The third kappa shape index (κ3) is 8.68. The Morgan fingerprint density at radius 3 is 2.05 bits per heavy atom. The van der Waals surface area contributed by atoms with Crippen LogP contribution in [0.5, 0.6) is 0 Å². The van der Waals surface area contributed by atoms with E-state index >= 15 is 0 Å². The van der Waals surface area contributed by atoms with E-state index in [-0.39, 0.29) is 0 Å². The lowest BCUT2D eigenvalue weighted by molar-refractivity contribution is 0.253. The van der Waals surface area contributed by atoms with Crippen LogP contribution >= 0.6 is 0 Å². The monoisotopic (exact) mass is 267 g/mol. The van der Waals surface area contributed by atoms with Gasteiger partial charge in [0.1, 0.15) is 0 Å². The van der Waals surface area contributed by atoms with Crippen molar-refractivity contribution in [1.29, 1.82) is 0 Å². The van der Waals surface area contributed by atoms with E-state index in [2.05, 4.69) is 19.2 Å². The Morgan fingerprint density at radius 2 is 1.53 bits per heavy atom. The SMILES string of the molecule is CCCCCCCCCCC(CC1CCC1)NCC. The van der Waals surface area contributed by atoms with Gasteiger partial charge in [0, 0.05) is 6.04 Å². The zero-order valence-corrected chi connectivity index (χ0v) is 13.6. The first kappa shape index (κ1) is 17.0. The first-order valence-electron chi connectivity index (χ1n) is 9.10. The molecule has 1 atom stereocenters. The molecular formula is C18H37N. The van der Waals surface area contributed by atoms with Crippen LogP contribution in [-0.2, 0) is 0 Å². The molecule has 0 aromatic heterocycles. The van der Waals surface area contributed by atoms with Crippen molar-refractivity contribution in [3.63, 3.8) is 0 Å². The average molecular weight is 268 g/mol. The largest absolute Gasteiger partial charge is 0.314 e. The van der Waals surface area contributed by atoms with E-state index in [0.29, 0.717) is 0 Å². The minimum absolute atomic E-state index is 0.815. The second-order valence-electron chi connectivity index (χ2n) is 6.55. The molecule has 0 saturated heterocycles. The summed E-state index contributed by atoms with van der Waals surface area (Å²) in [7, 11) is 0. The maximum absolute atomic E-state index is 3.70. The molecule has 1 aliphatic rings. The predicted octanol–water partition coefficient (Wildman–Crippen LogP) is 5.69. The van der Waals surface area contributed by atoms with Gasteiger partial charge in [-0.25, -0.2) is 0 Å². The number of unbranched alkanes of at least 4 members (excludes halogenated alkanes) is 7. The summed E-state index contributed by atoms with van der Waals surface area (Å²) >= 11 is 0. The Labute approximate surface area is 121 Å². The minimum atomic E-state index is 0.815. The highest BCUT2D eigenvalue weighted by atomic mass is 14.9. The van der Waals surface area contributed by atoms with E-state index in [9.17, 15) is 0 Å². The molecule has 0 radical (unpaired) electrons. The summed E-state index contributed by atoms with van der Waals surface area (Å²) in [5.41, 5.74) is 0. The van der Waals surface area contributed by atoms with Crippen LogP contribution in [0, 0.1) is 5.92 Å². The molecule has 1 N–H and O–H groups in total. The third-order valence-corrected chi connectivity index (χ3v) is 4.74. The Hall–Kier alpha value is -0.0400. The molecule has 1 nitrogen and oxygen atoms in total. The Bertz CT molecular complexity index is 186. The Balaban J connectivity index is 1.92. The highest BCUT2D eigenvalue weighted by molar-refractivity contribution is 4.77. The summed E-state index contributed by atoms with van der Waals surface area (Å²) < 4.78 is 0. The van der Waals surface area contributed by atoms with Crippen molar-refractivity contribution in [2.45, 2.75) is 103 Å². The first-order valence-corrected chi connectivity index (χ1v) is 9.10. The fraction of sp³-hybridized carbons (Fsp3) is 1.00. The van der Waals surface area contributed by atoms with Gasteiger partial charge in [0.2, 0.25) is 0 Å². The zero-order chi connectivity index (χ0) is 13.8. The second-order valence-corrected chi connectivity index (χ2v) is 6.55. The van der Waals surface area contributed by atoms with Gasteiger partial charge in [0.15, 0.2) is 0 Å². The summed E-state index contributed by atoms with van der Waals surface area (Å²) in [4.78, 5) is 0. The normalized spacial score (nSPS) is 17.4. The van der Waals surface area contributed by atoms with Crippen LogP contribution in [-0.4, -0.2) is 12.6 Å². The van der Waals surface area contributed by atoms with Crippen molar-refractivity contribution < 1.29 is 0 Å². The number of hydrogen-bond donors (Lipinski definition) is 1. The van der Waals surface area contributed by atoms with Crippen LogP contribution < -0.4 is 5.32 Å². The molecule has 1 saturated carbocycles. The smallest absolute Gasteiger partial charge is 0.00695 e. The van der Waals surface area contributed by atoms with Crippen LogP contribution in [0.4, 0.5) is 0 Å². The number of rotatable bonds is 13. The van der Waals surface area contributed by atoms with Crippen LogP contribution in [0.1, 0.15) is 97.3 Å². The predicted molar refractivity (Wildman–Crippen MR) is 86.6 cm³/mol. The van der Waals surface area contributed by atoms with Crippen molar-refractivity contribution in [3.8, 4) is 0 Å². The van der Waals surface area contributed by atoms with E-state index in [0.717, 1.165) is 18.5 Å². The van der Waals surface area contributed by atoms with Gasteiger partial charge in [-0.1, -0.05) is 84.5 Å². The maximum Gasteiger partial charge on any atom is 0.00695 e. The van der Waals surface area contributed by atoms with Crippen LogP contribution in [0.25, 0.3) is 0 Å². The molecule has 114 valence electrons. The molecule has 1 rings (SSSR count). The maximum atomic E-state index is 3.70. The second kappa shape index (κ2) is 11.8. The minimum Gasteiger partial charge on any atom is -0.314 e. The highest BCUT2D eigenvalue weighted by Crippen LogP contribution is 2.31. The zero-order valence-electron chi connectivity index (χ0n) is 13.6. The van der Waals surface area contributed by atoms with Gasteiger partial charge in [-0.15, -0.1) is 0 Å². The van der Waals surface area contributed by atoms with E-state index in [1.807, 2.05) is 0 Å². The van der Waals surface area contributed by atoms with Crippen molar-refractivity contribution in [1.82, 2.24) is 5.32 Å². The fourth-order valence-corrected chi connectivity index (χ4v) is 3.25. The van der Waals surface area contributed by atoms with Crippen molar-refractivity contribution in [2.75, 3.05) is 6.54 Å². The van der Waals surface area contributed by atoms with Crippen molar-refractivity contribution in [2.24, 2.45) is 5.92 Å². The molecule has 1 aliphatic carbocycles. The molecule has 1 unspecified atom stereocenters. The van der Waals surface area contributed by atoms with Gasteiger partial charge < -0.3 is 5.32 Å². The van der Waals surface area contributed by atoms with Gasteiger partial charge in [0.05, 0.1) is 0 Å². The molecule has 1 heteroatoms. The lowest BCUT2D eigenvalue weighted by Gasteiger charge is -2.30. The van der Waals surface area contributed by atoms with Crippen molar-refractivity contribution >= 4 is 0 Å². The molecule has 0 aromatic carbocycles. The lowest BCUT2D eigenvalue weighted by atomic mass is 9.80. The molecule has 0 aromatic rings. The first-order chi connectivity index (χ1) is 9.36. The van der Waals surface area contributed by atoms with Gasteiger partial charge in [-0.3, -0.25) is 0 Å². The van der Waals surface area contributed by atoms with Crippen molar-refractivity contribution in [3.05, 3.63) is 0 Å². The number of nitrogens with one attached hydrogen (secondary N) is 1. The van der Waals surface area contributed by atoms with Gasteiger partial charge >= 0.3 is 0 Å². The lowest BCUT2D eigenvalue weighted by Crippen LogP contribution is -2.32. The molecule has 1 fully saturated rings. The Kier molecular flexibility index (Phi) is 10.5. The third-order valence-electron chi connectivity index (χ3n) is 4.74. The molecule has 0 bridgehead atoms. The summed E-state index contributed by atoms with van der Waals surface area (Å²) in [6.45, 7) is 5.69.